The summed E-state index contributed by atoms with van der Waals surface area (Å²) in [6.45, 7) is 2.13. The summed E-state index contributed by atoms with van der Waals surface area (Å²) in [6, 6.07) is 68.5. The summed E-state index contributed by atoms with van der Waals surface area (Å²) in [5, 5.41) is 14.9. The molecule has 0 aliphatic carbocycles. The zero-order valence-corrected chi connectivity index (χ0v) is 69.4. The largest absolute Gasteiger partial charge is 0.478 e. The summed E-state index contributed by atoms with van der Waals surface area (Å²) in [5.41, 5.74) is 26.3. The monoisotopic (exact) mass is 1780 g/mol. The van der Waals surface area contributed by atoms with Crippen molar-refractivity contribution in [2.75, 3.05) is 30.3 Å². The number of nitrogen functional groups attached to an aromatic ring is 3. The number of carbonyl (C=O) groups is 3. The van der Waals surface area contributed by atoms with E-state index in [1.54, 1.807) is 87.6 Å². The minimum absolute atomic E-state index is 0. The van der Waals surface area contributed by atoms with E-state index >= 15 is 0 Å². The molecule has 0 saturated carbocycles. The number of piperidine rings is 1. The maximum atomic E-state index is 13.8. The summed E-state index contributed by atoms with van der Waals surface area (Å²) < 4.78 is 75.6. The number of para-hydroxylation sites is 3. The number of hydrogen-bond acceptors (Lipinski definition) is 14. The van der Waals surface area contributed by atoms with Gasteiger partial charge in [-0.2, -0.15) is 0 Å². The number of carbonyl (C=O) groups excluding carboxylic acids is 1. The molecular formula is C80H65BrCl4F5N4O6PS6Zn. The molecular weight excluding hydrogens is 1720 g/mol. The quantitative estimate of drug-likeness (QED) is 0.0317. The fourth-order valence-corrected chi connectivity index (χ4v) is 17.4. The van der Waals surface area contributed by atoms with E-state index in [1.807, 2.05) is 115 Å². The summed E-state index contributed by atoms with van der Waals surface area (Å²) in [4.78, 5) is 45.6. The molecule has 0 unspecified atom stereocenters. The van der Waals surface area contributed by atoms with E-state index in [4.69, 9.17) is 39.0 Å². The Bertz CT molecular complexity index is 5070. The first-order valence-corrected chi connectivity index (χ1v) is 42.8. The van der Waals surface area contributed by atoms with Crippen LogP contribution >= 0.6 is 135 Å². The number of aromatic carboxylic acids is 2. The Labute approximate surface area is 688 Å². The van der Waals surface area contributed by atoms with E-state index in [2.05, 4.69) is 84.9 Å². The van der Waals surface area contributed by atoms with Gasteiger partial charge in [0.2, 0.25) is 0 Å². The van der Waals surface area contributed by atoms with Crippen LogP contribution in [0.3, 0.4) is 0 Å². The predicted molar refractivity (Wildman–Crippen MR) is 441 cm³/mol. The Morgan fingerprint density at radius 1 is 0.463 bits per heavy atom. The van der Waals surface area contributed by atoms with Crippen molar-refractivity contribution in [2.24, 2.45) is 0 Å². The van der Waals surface area contributed by atoms with Crippen molar-refractivity contribution in [3.8, 4) is 0 Å². The molecule has 4 aliphatic rings. The minimum atomic E-state index is -3.22. The van der Waals surface area contributed by atoms with E-state index in [0.717, 1.165) is 98.0 Å². The minimum Gasteiger partial charge on any atom is -0.478 e. The van der Waals surface area contributed by atoms with Gasteiger partial charge in [-0.3, -0.25) is 9.36 Å². The molecule has 0 spiro atoms. The van der Waals surface area contributed by atoms with E-state index in [-0.39, 0.29) is 61.3 Å². The average Bonchev–Trinajstić information content (AvgIpc) is 1.64. The number of carboxylic acids is 2. The summed E-state index contributed by atoms with van der Waals surface area (Å²) >= 11 is 29.1. The topological polar surface area (TPSA) is 190 Å². The van der Waals surface area contributed by atoms with Gasteiger partial charge in [0.05, 0.1) is 11.1 Å². The summed E-state index contributed by atoms with van der Waals surface area (Å²) in [6.07, 6.45) is 8.20. The first-order chi connectivity index (χ1) is 50.7. The van der Waals surface area contributed by atoms with Crippen molar-refractivity contribution in [3.05, 3.63) is 315 Å². The number of carboxylic acid groups (broad SMARTS) is 2. The van der Waals surface area contributed by atoms with Crippen LogP contribution in [0.15, 0.2) is 290 Å². The van der Waals surface area contributed by atoms with Crippen LogP contribution in [0.25, 0.3) is 22.9 Å². The van der Waals surface area contributed by atoms with Gasteiger partial charge < -0.3 is 32.3 Å². The third kappa shape index (κ3) is 26.6. The van der Waals surface area contributed by atoms with E-state index < -0.39 is 28.8 Å². The first-order valence-electron chi connectivity index (χ1n) is 31.8. The Kier molecular flexibility index (Phi) is 35.1. The van der Waals surface area contributed by atoms with Gasteiger partial charge in [-0.15, -0.1) is 0 Å². The van der Waals surface area contributed by atoms with Gasteiger partial charge >= 0.3 is 17.1 Å². The number of ketones is 1. The van der Waals surface area contributed by atoms with E-state index in [9.17, 15) is 40.9 Å². The van der Waals surface area contributed by atoms with Crippen LogP contribution in [0.5, 0.6) is 0 Å². The van der Waals surface area contributed by atoms with Gasteiger partial charge in [-0.25, -0.2) is 31.5 Å². The van der Waals surface area contributed by atoms with Crippen LogP contribution in [0.2, 0.25) is 0 Å². The normalized spacial score (nSPS) is 12.6. The van der Waals surface area contributed by atoms with Crippen LogP contribution < -0.4 is 17.2 Å². The number of fused-ring (bicyclic) bond motifs is 6. The number of anilines is 3. The SMILES string of the molecule is C.Fc1ccc2c(c1)C(Cl)=Cc1ccccc1S2.Fc1ccc2c(c1)C(N1CCCCC1)=Cc1ccccc1S2.Nc1ccccc1SSc1ccccc1N.Nc1ccccc1Sc1ccc(F)cc1C(=O)O.O=C(O)c1cc(F)ccc1Br.O=C1Cc2ccccc2Sc2ccc(F)cc21.O=P(Cl)(Cl)Cl.[Zn]. The van der Waals surface area contributed by atoms with Gasteiger partial charge in [0, 0.05) is 137 Å². The Morgan fingerprint density at radius 2 is 0.852 bits per heavy atom. The molecule has 0 radical (unpaired) electrons. The average molecular weight is 1780 g/mol. The van der Waals surface area contributed by atoms with Gasteiger partial charge in [-0.05, 0) is 243 Å². The van der Waals surface area contributed by atoms with Crippen molar-refractivity contribution in [3.63, 3.8) is 0 Å². The molecule has 4 aliphatic heterocycles. The first kappa shape index (κ1) is 88.2. The molecule has 11 aromatic rings. The number of halogens is 10. The van der Waals surface area contributed by atoms with Crippen molar-refractivity contribution in [1.82, 2.24) is 4.90 Å². The number of rotatable bonds is 8. The van der Waals surface area contributed by atoms with Crippen LogP contribution in [-0.2, 0) is 30.5 Å². The zero-order valence-electron chi connectivity index (χ0n) is 56.0. The predicted octanol–water partition coefficient (Wildman–Crippen LogP) is 26.7. The van der Waals surface area contributed by atoms with Crippen LogP contribution in [0.1, 0.15) is 85.6 Å². The molecule has 108 heavy (non-hydrogen) atoms. The van der Waals surface area contributed by atoms with Crippen molar-refractivity contribution >= 4 is 193 Å². The molecule has 0 amide bonds. The Balaban J connectivity index is 0.000000179. The number of Topliss-reactive ketones (excluding diaryl/α,β-unsaturated/α-hetero) is 1. The Morgan fingerprint density at radius 3 is 1.36 bits per heavy atom. The molecule has 11 aromatic carbocycles. The molecule has 0 bridgehead atoms. The van der Waals surface area contributed by atoms with Crippen LogP contribution in [0, 0.1) is 29.1 Å². The van der Waals surface area contributed by atoms with E-state index in [0.29, 0.717) is 32.1 Å². The molecule has 1 fully saturated rings. The molecule has 0 aromatic heterocycles. The zero-order chi connectivity index (χ0) is 76.0. The number of benzene rings is 11. The van der Waals surface area contributed by atoms with Crippen molar-refractivity contribution in [2.45, 2.75) is 82.1 Å². The van der Waals surface area contributed by atoms with Gasteiger partial charge in [0.25, 0.3) is 0 Å². The summed E-state index contributed by atoms with van der Waals surface area (Å²) in [5.74, 6) is -4.22. The van der Waals surface area contributed by atoms with Crippen LogP contribution in [-0.4, -0.2) is 45.9 Å². The second kappa shape index (κ2) is 43.0. The van der Waals surface area contributed by atoms with Crippen LogP contribution in [0.4, 0.5) is 39.0 Å². The number of likely N-dealkylation sites (tertiary alicyclic amines) is 1. The van der Waals surface area contributed by atoms with Crippen molar-refractivity contribution < 1.29 is 70.6 Å². The van der Waals surface area contributed by atoms with Gasteiger partial charge in [0.15, 0.2) is 5.78 Å². The third-order valence-electron chi connectivity index (χ3n) is 15.3. The number of nitrogens with two attached hydrogens (primary N) is 3. The fourth-order valence-electron chi connectivity index (χ4n) is 10.3. The molecule has 4 heterocycles. The molecule has 8 N–H and O–H groups in total. The molecule has 554 valence electrons. The maximum absolute atomic E-state index is 13.8. The van der Waals surface area contributed by atoms with Gasteiger partial charge in [-0.1, -0.05) is 179 Å². The molecule has 15 rings (SSSR count). The molecule has 10 nitrogen and oxygen atoms in total. The smallest absolute Gasteiger partial charge is 0.339 e. The molecule has 28 heteroatoms. The van der Waals surface area contributed by atoms with E-state index in [1.165, 1.54) is 107 Å². The second-order valence-electron chi connectivity index (χ2n) is 22.7. The summed E-state index contributed by atoms with van der Waals surface area (Å²) in [7, 11) is 3.25. The molecule has 1 saturated heterocycles. The Hall–Kier alpha value is -7.05. The number of nitrogens with zero attached hydrogens (tertiary/aromatic N) is 1. The number of hydrogen-bond donors (Lipinski definition) is 5. The standard InChI is InChI=1S/C19H18FNS.C14H8ClFS.C14H9FOS.C13H10FNO2S.C12H12N2S2.C7H4BrFO2.CH4.Cl3OP.Zn/c20-15-8-9-19-16(13-15)17(21-10-4-1-5-11-21)12-14-6-2-3-7-18(14)22-19;15-12-7-9-3-1-2-4-13(9)17-14-6-5-10(16)8-11(12)14;15-10-5-6-14-11(8-10)12(16)7-9-3-1-2-4-13(9)17-14;14-8-5-6-11(9(7-8)13(16)17)18-12-4-2-1-3-10(12)15;13-9-5-1-3-7-11(9)15-16-12-8-4-2-6-10(12)14;8-6-2-1-4(9)3-5(6)7(10)11;;1-5(2,3)4;/h2-3,6-9,12-13H,1,4-5,10-11H2;1-8H;1-6,8H,7H2;1-7H,15H2,(H,16,17);1-8H,13-14H2;1-3H,(H,10,11);1H4;;. The van der Waals surface area contributed by atoms with Crippen molar-refractivity contribution in [1.29, 1.82) is 0 Å². The maximum Gasteiger partial charge on any atom is 0.339 e. The fraction of sp³-hybridized carbons (Fsp3) is 0.0875. The second-order valence-corrected chi connectivity index (χ2v) is 37.2. The third-order valence-corrected chi connectivity index (χ3v) is 23.5. The molecule has 0 atom stereocenters. The van der Waals surface area contributed by atoms with Gasteiger partial charge in [0.1, 0.15) is 29.1 Å².